The molecule has 1 amide bonds. The van der Waals surface area contributed by atoms with Crippen LogP contribution in [0, 0.1) is 6.92 Å². The van der Waals surface area contributed by atoms with E-state index in [1.54, 1.807) is 0 Å². The average Bonchev–Trinajstić information content (AvgIpc) is 3.21. The summed E-state index contributed by atoms with van der Waals surface area (Å²) in [6, 6.07) is 7.80. The number of carbonyl (C=O) groups excluding carboxylic acids is 1. The Balaban J connectivity index is 1.32. The van der Waals surface area contributed by atoms with Gasteiger partial charge in [0.25, 0.3) is 5.91 Å². The normalized spacial score (nSPS) is 18.0. The Hall–Kier alpha value is -2.43. The highest BCUT2D eigenvalue weighted by Gasteiger charge is 2.28. The van der Waals surface area contributed by atoms with Gasteiger partial charge in [0.2, 0.25) is 0 Å². The van der Waals surface area contributed by atoms with E-state index in [1.807, 2.05) is 24.3 Å². The Labute approximate surface area is 141 Å². The summed E-state index contributed by atoms with van der Waals surface area (Å²) >= 11 is 0. The van der Waals surface area contributed by atoms with Crippen molar-refractivity contribution in [2.45, 2.75) is 45.1 Å². The fourth-order valence-electron chi connectivity index (χ4n) is 3.53. The second-order valence-corrected chi connectivity index (χ2v) is 6.46. The minimum Gasteiger partial charge on any atom is -0.480 e. The zero-order chi connectivity index (χ0) is 16.5. The van der Waals surface area contributed by atoms with Crippen LogP contribution in [-0.4, -0.2) is 28.5 Å². The molecule has 0 saturated heterocycles. The van der Waals surface area contributed by atoms with Crippen molar-refractivity contribution in [2.75, 3.05) is 6.54 Å². The monoisotopic (exact) mass is 323 g/mol. The molecule has 2 heterocycles. The second-order valence-electron chi connectivity index (χ2n) is 6.46. The van der Waals surface area contributed by atoms with Crippen molar-refractivity contribution in [2.24, 2.45) is 0 Å². The third kappa shape index (κ3) is 2.86. The first-order chi connectivity index (χ1) is 11.7. The molecule has 0 radical (unpaired) electrons. The highest BCUT2D eigenvalue weighted by Crippen LogP contribution is 2.28. The third-order valence-electron chi connectivity index (χ3n) is 4.77. The van der Waals surface area contributed by atoms with Gasteiger partial charge in [0.05, 0.1) is 0 Å². The van der Waals surface area contributed by atoms with Crippen LogP contribution in [0.4, 0.5) is 0 Å². The summed E-state index contributed by atoms with van der Waals surface area (Å²) in [6.45, 7) is 2.59. The maximum atomic E-state index is 12.3. The smallest absolute Gasteiger partial charge is 0.261 e. The quantitative estimate of drug-likeness (QED) is 0.934. The number of aryl methyl sites for hydroxylation is 2. The Morgan fingerprint density at radius 3 is 3.04 bits per heavy atom. The number of nitrogens with one attached hydrogen (secondary N) is 1. The van der Waals surface area contributed by atoms with Crippen molar-refractivity contribution in [1.29, 1.82) is 0 Å². The van der Waals surface area contributed by atoms with Crippen LogP contribution < -0.4 is 10.1 Å². The third-order valence-corrected chi connectivity index (χ3v) is 4.77. The summed E-state index contributed by atoms with van der Waals surface area (Å²) < 4.78 is 5.71. The van der Waals surface area contributed by atoms with E-state index in [2.05, 4.69) is 22.2 Å². The average molecular weight is 323 g/mol. The molecule has 1 aromatic heterocycles. The van der Waals surface area contributed by atoms with Gasteiger partial charge in [-0.2, -0.15) is 0 Å². The number of rotatable bonds is 4. The highest BCUT2D eigenvalue weighted by molar-refractivity contribution is 5.82. The van der Waals surface area contributed by atoms with Gasteiger partial charge in [-0.15, -0.1) is 0 Å². The van der Waals surface area contributed by atoms with Crippen LogP contribution in [0.5, 0.6) is 5.75 Å². The van der Waals surface area contributed by atoms with Crippen molar-refractivity contribution in [3.8, 4) is 5.75 Å². The van der Waals surface area contributed by atoms with Gasteiger partial charge in [0.15, 0.2) is 6.10 Å². The maximum absolute atomic E-state index is 12.3. The van der Waals surface area contributed by atoms with Gasteiger partial charge >= 0.3 is 0 Å². The molecule has 1 N–H and O–H groups in total. The lowest BCUT2D eigenvalue weighted by atomic mass is 10.1. The fourth-order valence-corrected chi connectivity index (χ4v) is 3.53. The largest absolute Gasteiger partial charge is 0.480 e. The molecule has 2 aromatic rings. The van der Waals surface area contributed by atoms with E-state index in [9.17, 15) is 4.79 Å². The lowest BCUT2D eigenvalue weighted by molar-refractivity contribution is -0.127. The summed E-state index contributed by atoms with van der Waals surface area (Å²) in [5.41, 5.74) is 4.70. The van der Waals surface area contributed by atoms with Gasteiger partial charge in [-0.25, -0.2) is 9.97 Å². The number of carbonyl (C=O) groups is 1. The van der Waals surface area contributed by atoms with E-state index in [4.69, 9.17) is 4.74 Å². The van der Waals surface area contributed by atoms with Crippen LogP contribution in [0.1, 0.15) is 34.8 Å². The molecule has 0 saturated carbocycles. The zero-order valence-electron chi connectivity index (χ0n) is 13.8. The first kappa shape index (κ1) is 15.1. The number of aromatic nitrogens is 2. The van der Waals surface area contributed by atoms with Crippen molar-refractivity contribution in [3.63, 3.8) is 0 Å². The summed E-state index contributed by atoms with van der Waals surface area (Å²) in [4.78, 5) is 21.5. The SMILES string of the molecule is Cc1nc(CCNC(=O)C2Cc3ccccc3O2)nc2c1CCC2. The molecule has 5 nitrogen and oxygen atoms in total. The number of ether oxygens (including phenoxy) is 1. The minimum absolute atomic E-state index is 0.0657. The van der Waals surface area contributed by atoms with Crippen molar-refractivity contribution in [1.82, 2.24) is 15.3 Å². The molecule has 4 rings (SSSR count). The molecular formula is C19H21N3O2. The molecule has 1 unspecified atom stereocenters. The molecule has 0 spiro atoms. The first-order valence-electron chi connectivity index (χ1n) is 8.58. The molecular weight excluding hydrogens is 302 g/mol. The van der Waals surface area contributed by atoms with Crippen LogP contribution in [0.15, 0.2) is 24.3 Å². The molecule has 1 aliphatic carbocycles. The van der Waals surface area contributed by atoms with Crippen molar-refractivity contribution < 1.29 is 9.53 Å². The molecule has 5 heteroatoms. The van der Waals surface area contributed by atoms with Crippen LogP contribution >= 0.6 is 0 Å². The molecule has 1 atom stereocenters. The lowest BCUT2D eigenvalue weighted by Gasteiger charge is -2.11. The van der Waals surface area contributed by atoms with Crippen LogP contribution in [0.25, 0.3) is 0 Å². The molecule has 1 aliphatic heterocycles. The second kappa shape index (κ2) is 6.23. The summed E-state index contributed by atoms with van der Waals surface area (Å²) in [7, 11) is 0. The molecule has 2 aliphatic rings. The fraction of sp³-hybridized carbons (Fsp3) is 0.421. The van der Waals surface area contributed by atoms with Gasteiger partial charge < -0.3 is 10.1 Å². The van der Waals surface area contributed by atoms with E-state index in [1.165, 1.54) is 17.7 Å². The lowest BCUT2D eigenvalue weighted by Crippen LogP contribution is -2.38. The molecule has 0 bridgehead atoms. The maximum Gasteiger partial charge on any atom is 0.261 e. The van der Waals surface area contributed by atoms with E-state index >= 15 is 0 Å². The van der Waals surface area contributed by atoms with Crippen LogP contribution in [-0.2, 0) is 30.5 Å². The van der Waals surface area contributed by atoms with Gasteiger partial charge in [0.1, 0.15) is 11.6 Å². The van der Waals surface area contributed by atoms with Crippen molar-refractivity contribution >= 4 is 5.91 Å². The van der Waals surface area contributed by atoms with E-state index in [0.717, 1.165) is 35.7 Å². The Morgan fingerprint density at radius 1 is 1.29 bits per heavy atom. The number of nitrogens with zero attached hydrogens (tertiary/aromatic N) is 2. The zero-order valence-corrected chi connectivity index (χ0v) is 13.8. The molecule has 24 heavy (non-hydrogen) atoms. The van der Waals surface area contributed by atoms with E-state index in [0.29, 0.717) is 19.4 Å². The van der Waals surface area contributed by atoms with Gasteiger partial charge in [0, 0.05) is 30.8 Å². The topological polar surface area (TPSA) is 64.1 Å². The number of amides is 1. The predicted molar refractivity (Wildman–Crippen MR) is 90.1 cm³/mol. The number of fused-ring (bicyclic) bond motifs is 2. The predicted octanol–water partition coefficient (Wildman–Crippen LogP) is 1.94. The number of para-hydroxylation sites is 1. The summed E-state index contributed by atoms with van der Waals surface area (Å²) in [5, 5.41) is 2.95. The van der Waals surface area contributed by atoms with Gasteiger partial charge in [-0.05, 0) is 43.4 Å². The van der Waals surface area contributed by atoms with Crippen LogP contribution in [0.3, 0.4) is 0 Å². The van der Waals surface area contributed by atoms with Crippen LogP contribution in [0.2, 0.25) is 0 Å². The number of benzene rings is 1. The van der Waals surface area contributed by atoms with E-state index < -0.39 is 6.10 Å². The first-order valence-corrected chi connectivity index (χ1v) is 8.58. The Bertz CT molecular complexity index is 763. The summed E-state index contributed by atoms with van der Waals surface area (Å²) in [5.74, 6) is 1.57. The van der Waals surface area contributed by atoms with Gasteiger partial charge in [-0.1, -0.05) is 18.2 Å². The Kier molecular flexibility index (Phi) is 3.92. The highest BCUT2D eigenvalue weighted by atomic mass is 16.5. The molecule has 0 fully saturated rings. The standard InChI is InChI=1S/C19H21N3O2/c1-12-14-6-4-7-15(14)22-18(21-12)9-10-20-19(23)17-11-13-5-2-3-8-16(13)24-17/h2-3,5,8,17H,4,6-7,9-11H2,1H3,(H,20,23). The number of hydrogen-bond donors (Lipinski definition) is 1. The van der Waals surface area contributed by atoms with Crippen molar-refractivity contribution in [3.05, 3.63) is 52.6 Å². The van der Waals surface area contributed by atoms with Gasteiger partial charge in [-0.3, -0.25) is 4.79 Å². The minimum atomic E-state index is -0.426. The van der Waals surface area contributed by atoms with E-state index in [-0.39, 0.29) is 5.91 Å². The summed E-state index contributed by atoms with van der Waals surface area (Å²) in [6.07, 6.45) is 4.18. The molecule has 1 aromatic carbocycles. The Morgan fingerprint density at radius 2 is 2.17 bits per heavy atom. The molecule has 124 valence electrons. The number of hydrogen-bond acceptors (Lipinski definition) is 4.